The first kappa shape index (κ1) is 16.5. The van der Waals surface area contributed by atoms with Gasteiger partial charge >= 0.3 is 0 Å². The summed E-state index contributed by atoms with van der Waals surface area (Å²) in [5.74, 6) is 0.0352. The molecule has 128 valence electrons. The Balaban J connectivity index is 1.65. The summed E-state index contributed by atoms with van der Waals surface area (Å²) >= 11 is 1.56. The van der Waals surface area contributed by atoms with E-state index in [2.05, 4.69) is 29.2 Å². The highest BCUT2D eigenvalue weighted by Crippen LogP contribution is 2.21. The van der Waals surface area contributed by atoms with Crippen LogP contribution in [0.5, 0.6) is 0 Å². The maximum atomic E-state index is 13.2. The zero-order valence-electron chi connectivity index (χ0n) is 14.2. The van der Waals surface area contributed by atoms with Crippen LogP contribution in [0.1, 0.15) is 21.5 Å². The zero-order chi connectivity index (χ0) is 17.8. The Labute approximate surface area is 156 Å². The fourth-order valence-electron chi connectivity index (χ4n) is 2.98. The summed E-state index contributed by atoms with van der Waals surface area (Å²) in [6.07, 6.45) is 0. The Morgan fingerprint density at radius 1 is 0.846 bits per heavy atom. The molecule has 4 rings (SSSR count). The molecule has 0 aliphatic rings. The number of amides is 1. The molecule has 1 heterocycles. The van der Waals surface area contributed by atoms with Crippen molar-refractivity contribution in [2.24, 2.45) is 0 Å². The van der Waals surface area contributed by atoms with Gasteiger partial charge < -0.3 is 4.90 Å². The number of benzene rings is 3. The molecule has 26 heavy (non-hydrogen) atoms. The van der Waals surface area contributed by atoms with Crippen LogP contribution in [0.4, 0.5) is 0 Å². The number of carbonyl (C=O) groups excluding carboxylic acids is 1. The molecular weight excluding hydrogens is 340 g/mol. The highest BCUT2D eigenvalue weighted by atomic mass is 32.1. The number of aromatic nitrogens is 1. The number of thiazole rings is 1. The standard InChI is InChI=1S/C22H18N2OS/c25-22(19-11-12-20-21(13-19)26-16-23-20)24(14-17-7-3-1-4-8-17)15-18-9-5-2-6-10-18/h1-13,16H,14-15H2. The van der Waals surface area contributed by atoms with Crippen LogP contribution >= 0.6 is 11.3 Å². The molecule has 1 aromatic heterocycles. The molecule has 0 bridgehead atoms. The van der Waals surface area contributed by atoms with Gasteiger partial charge in [0.1, 0.15) is 0 Å². The summed E-state index contributed by atoms with van der Waals surface area (Å²) in [5, 5.41) is 0. The second-order valence-electron chi connectivity index (χ2n) is 6.17. The van der Waals surface area contributed by atoms with Gasteiger partial charge in [-0.1, -0.05) is 60.7 Å². The predicted octanol–water partition coefficient (Wildman–Crippen LogP) is 5.14. The third-order valence-corrected chi connectivity index (χ3v) is 5.09. The second-order valence-corrected chi connectivity index (χ2v) is 7.05. The SMILES string of the molecule is O=C(c1ccc2ncsc2c1)N(Cc1ccccc1)Cc1ccccc1. The summed E-state index contributed by atoms with van der Waals surface area (Å²) in [7, 11) is 0. The molecule has 0 unspecified atom stereocenters. The highest BCUT2D eigenvalue weighted by Gasteiger charge is 2.17. The summed E-state index contributed by atoms with van der Waals surface area (Å²) in [6.45, 7) is 1.16. The highest BCUT2D eigenvalue weighted by molar-refractivity contribution is 7.16. The van der Waals surface area contributed by atoms with Crippen molar-refractivity contribution >= 4 is 27.5 Å². The normalized spacial score (nSPS) is 10.8. The summed E-state index contributed by atoms with van der Waals surface area (Å²) in [6, 6.07) is 25.9. The van der Waals surface area contributed by atoms with Crippen LogP contribution in [0.15, 0.2) is 84.4 Å². The first-order valence-electron chi connectivity index (χ1n) is 8.50. The fraction of sp³-hybridized carbons (Fsp3) is 0.0909. The maximum Gasteiger partial charge on any atom is 0.254 e. The number of fused-ring (bicyclic) bond motifs is 1. The van der Waals surface area contributed by atoms with Gasteiger partial charge in [0.25, 0.3) is 5.91 Å². The molecule has 0 spiro atoms. The average molecular weight is 358 g/mol. The lowest BCUT2D eigenvalue weighted by molar-refractivity contribution is 0.0730. The van der Waals surface area contributed by atoms with E-state index < -0.39 is 0 Å². The Morgan fingerprint density at radius 3 is 2.08 bits per heavy atom. The van der Waals surface area contributed by atoms with Gasteiger partial charge in [-0.2, -0.15) is 0 Å². The molecule has 0 saturated carbocycles. The van der Waals surface area contributed by atoms with E-state index in [4.69, 9.17) is 0 Å². The summed E-state index contributed by atoms with van der Waals surface area (Å²) in [4.78, 5) is 19.4. The molecule has 3 nitrogen and oxygen atoms in total. The van der Waals surface area contributed by atoms with Gasteiger partial charge in [0, 0.05) is 18.7 Å². The van der Waals surface area contributed by atoms with Gasteiger partial charge in [-0.15, -0.1) is 11.3 Å². The lowest BCUT2D eigenvalue weighted by Gasteiger charge is -2.23. The van der Waals surface area contributed by atoms with Crippen LogP contribution in [0.3, 0.4) is 0 Å². The summed E-state index contributed by atoms with van der Waals surface area (Å²) in [5.41, 5.74) is 5.69. The van der Waals surface area contributed by atoms with Gasteiger partial charge in [0.2, 0.25) is 0 Å². The Morgan fingerprint density at radius 2 is 1.46 bits per heavy atom. The topological polar surface area (TPSA) is 33.2 Å². The minimum Gasteiger partial charge on any atom is -0.330 e. The zero-order valence-corrected chi connectivity index (χ0v) is 15.0. The third-order valence-electron chi connectivity index (χ3n) is 4.30. The third kappa shape index (κ3) is 3.65. The van der Waals surface area contributed by atoms with Gasteiger partial charge in [0.15, 0.2) is 0 Å². The van der Waals surface area contributed by atoms with Crippen molar-refractivity contribution in [3.63, 3.8) is 0 Å². The van der Waals surface area contributed by atoms with E-state index >= 15 is 0 Å². The van der Waals surface area contributed by atoms with Crippen molar-refractivity contribution in [3.05, 3.63) is 101 Å². The molecule has 4 heteroatoms. The quantitative estimate of drug-likeness (QED) is 0.495. The van der Waals surface area contributed by atoms with Crippen molar-refractivity contribution in [3.8, 4) is 0 Å². The van der Waals surface area contributed by atoms with Crippen LogP contribution in [-0.4, -0.2) is 15.8 Å². The molecular formula is C22H18N2OS. The van der Waals surface area contributed by atoms with E-state index in [1.165, 1.54) is 0 Å². The number of nitrogens with zero attached hydrogens (tertiary/aromatic N) is 2. The fourth-order valence-corrected chi connectivity index (χ4v) is 3.69. The molecule has 0 N–H and O–H groups in total. The van der Waals surface area contributed by atoms with E-state index in [1.54, 1.807) is 11.3 Å². The number of rotatable bonds is 5. The van der Waals surface area contributed by atoms with Crippen molar-refractivity contribution in [2.75, 3.05) is 0 Å². The number of carbonyl (C=O) groups is 1. The average Bonchev–Trinajstić information content (AvgIpc) is 3.16. The molecule has 0 atom stereocenters. The Hall–Kier alpha value is -2.98. The number of hydrogen-bond acceptors (Lipinski definition) is 3. The first-order chi connectivity index (χ1) is 12.8. The van der Waals surface area contributed by atoms with Crippen molar-refractivity contribution in [2.45, 2.75) is 13.1 Å². The molecule has 0 aliphatic carbocycles. The van der Waals surface area contributed by atoms with E-state index in [0.29, 0.717) is 18.7 Å². The smallest absolute Gasteiger partial charge is 0.254 e. The molecule has 4 aromatic rings. The molecule has 0 fully saturated rings. The van der Waals surface area contributed by atoms with E-state index in [9.17, 15) is 4.79 Å². The van der Waals surface area contributed by atoms with Gasteiger partial charge in [-0.25, -0.2) is 4.98 Å². The molecule has 0 aliphatic heterocycles. The van der Waals surface area contributed by atoms with Crippen LogP contribution in [0.25, 0.3) is 10.2 Å². The molecule has 1 amide bonds. The van der Waals surface area contributed by atoms with E-state index in [1.807, 2.05) is 65.0 Å². The van der Waals surface area contributed by atoms with E-state index in [0.717, 1.165) is 21.3 Å². The largest absolute Gasteiger partial charge is 0.330 e. The monoisotopic (exact) mass is 358 g/mol. The van der Waals surface area contributed by atoms with Gasteiger partial charge in [-0.05, 0) is 29.3 Å². The molecule has 3 aromatic carbocycles. The van der Waals surface area contributed by atoms with Crippen LogP contribution in [-0.2, 0) is 13.1 Å². The minimum absolute atomic E-state index is 0.0352. The Bertz CT molecular complexity index is 970. The maximum absolute atomic E-state index is 13.2. The predicted molar refractivity (Wildman–Crippen MR) is 106 cm³/mol. The summed E-state index contributed by atoms with van der Waals surface area (Å²) < 4.78 is 1.04. The van der Waals surface area contributed by atoms with Crippen LogP contribution in [0.2, 0.25) is 0 Å². The van der Waals surface area contributed by atoms with E-state index in [-0.39, 0.29) is 5.91 Å². The van der Waals surface area contributed by atoms with Crippen molar-refractivity contribution < 1.29 is 4.79 Å². The van der Waals surface area contributed by atoms with Gasteiger partial charge in [-0.3, -0.25) is 4.79 Å². The lowest BCUT2D eigenvalue weighted by atomic mass is 10.1. The lowest BCUT2D eigenvalue weighted by Crippen LogP contribution is -2.30. The number of hydrogen-bond donors (Lipinski definition) is 0. The van der Waals surface area contributed by atoms with Gasteiger partial charge in [0.05, 0.1) is 15.7 Å². The van der Waals surface area contributed by atoms with Crippen LogP contribution in [0, 0.1) is 0 Å². The first-order valence-corrected chi connectivity index (χ1v) is 9.38. The molecule has 0 radical (unpaired) electrons. The van der Waals surface area contributed by atoms with Crippen molar-refractivity contribution in [1.29, 1.82) is 0 Å². The second kappa shape index (κ2) is 7.50. The minimum atomic E-state index is 0.0352. The van der Waals surface area contributed by atoms with Crippen LogP contribution < -0.4 is 0 Å². The molecule has 0 saturated heterocycles. The Kier molecular flexibility index (Phi) is 4.75. The van der Waals surface area contributed by atoms with Crippen molar-refractivity contribution in [1.82, 2.24) is 9.88 Å².